The molecule has 0 amide bonds. The van der Waals surface area contributed by atoms with Crippen molar-refractivity contribution < 1.29 is 19.8 Å². The van der Waals surface area contributed by atoms with Crippen molar-refractivity contribution in [1.29, 1.82) is 0 Å². The highest BCUT2D eigenvalue weighted by atomic mass is 32.2. The van der Waals surface area contributed by atoms with Crippen molar-refractivity contribution in [2.24, 2.45) is 0 Å². The highest BCUT2D eigenvalue weighted by Crippen LogP contribution is 2.44. The van der Waals surface area contributed by atoms with E-state index in [4.69, 9.17) is 10.2 Å². The Morgan fingerprint density at radius 2 is 1.50 bits per heavy atom. The zero-order chi connectivity index (χ0) is 14.3. The van der Waals surface area contributed by atoms with Crippen molar-refractivity contribution in [3.8, 4) is 0 Å². The summed E-state index contributed by atoms with van der Waals surface area (Å²) in [5.74, 6) is -1.95. The van der Waals surface area contributed by atoms with Gasteiger partial charge in [-0.1, -0.05) is 11.8 Å². The highest BCUT2D eigenvalue weighted by Gasteiger charge is 2.18. The van der Waals surface area contributed by atoms with Gasteiger partial charge in [0.25, 0.3) is 0 Å². The number of nitrogens with one attached hydrogen (secondary N) is 1. The zero-order valence-corrected chi connectivity index (χ0v) is 10.9. The number of benzene rings is 2. The highest BCUT2D eigenvalue weighted by molar-refractivity contribution is 7.99. The summed E-state index contributed by atoms with van der Waals surface area (Å²) < 4.78 is 0. The van der Waals surface area contributed by atoms with E-state index in [1.54, 1.807) is 24.3 Å². The molecule has 2 aromatic rings. The normalized spacial score (nSPS) is 12.0. The van der Waals surface area contributed by atoms with Crippen LogP contribution in [0.25, 0.3) is 0 Å². The van der Waals surface area contributed by atoms with Gasteiger partial charge in [-0.25, -0.2) is 9.59 Å². The molecule has 5 nitrogen and oxygen atoms in total. The van der Waals surface area contributed by atoms with Gasteiger partial charge in [0.1, 0.15) is 0 Å². The monoisotopic (exact) mass is 287 g/mol. The zero-order valence-electron chi connectivity index (χ0n) is 10.1. The average molecular weight is 287 g/mol. The van der Waals surface area contributed by atoms with Gasteiger partial charge in [0.2, 0.25) is 0 Å². The summed E-state index contributed by atoms with van der Waals surface area (Å²) in [5, 5.41) is 21.1. The van der Waals surface area contributed by atoms with E-state index in [-0.39, 0.29) is 11.1 Å². The Labute approximate surface area is 118 Å². The van der Waals surface area contributed by atoms with Gasteiger partial charge in [-0.3, -0.25) is 0 Å². The third-order valence-corrected chi connectivity index (χ3v) is 4.08. The molecule has 0 atom stereocenters. The minimum absolute atomic E-state index is 0.211. The molecule has 0 unspecified atom stereocenters. The van der Waals surface area contributed by atoms with Gasteiger partial charge in [0.15, 0.2) is 0 Å². The number of hydrogen-bond acceptors (Lipinski definition) is 4. The Kier molecular flexibility index (Phi) is 2.87. The number of carboxylic acid groups (broad SMARTS) is 2. The van der Waals surface area contributed by atoms with Gasteiger partial charge in [-0.05, 0) is 36.4 Å². The Hall–Kier alpha value is -2.47. The standard InChI is InChI=1S/C14H9NO4S/c16-13(17)7-2-4-11-10(5-7)15-9-3-1-8(14(18)19)6-12(9)20-11/h1-6,15H,(H,16,17)(H,18,19). The number of fused-ring (bicyclic) bond motifs is 2. The molecule has 100 valence electrons. The SMILES string of the molecule is O=C(O)c1ccc2c(c1)Nc1ccc(C(=O)O)cc1S2. The Morgan fingerprint density at radius 1 is 0.850 bits per heavy atom. The van der Waals surface area contributed by atoms with Crippen molar-refractivity contribution >= 4 is 35.1 Å². The molecule has 2 aromatic carbocycles. The molecular formula is C14H9NO4S. The lowest BCUT2D eigenvalue weighted by Crippen LogP contribution is -2.04. The van der Waals surface area contributed by atoms with Crippen LogP contribution in [-0.2, 0) is 0 Å². The van der Waals surface area contributed by atoms with E-state index in [9.17, 15) is 9.59 Å². The molecule has 3 N–H and O–H groups in total. The van der Waals surface area contributed by atoms with Gasteiger partial charge in [0.05, 0.1) is 22.5 Å². The molecule has 1 aliphatic heterocycles. The van der Waals surface area contributed by atoms with Crippen LogP contribution in [0.2, 0.25) is 0 Å². The van der Waals surface area contributed by atoms with E-state index in [0.717, 1.165) is 15.5 Å². The quantitative estimate of drug-likeness (QED) is 0.670. The van der Waals surface area contributed by atoms with Crippen LogP contribution in [0.3, 0.4) is 0 Å². The Bertz CT molecular complexity index is 678. The van der Waals surface area contributed by atoms with Crippen LogP contribution >= 0.6 is 11.8 Å². The second-order valence-electron chi connectivity index (χ2n) is 4.26. The molecule has 0 fully saturated rings. The van der Waals surface area contributed by atoms with Gasteiger partial charge >= 0.3 is 11.9 Å². The number of carbonyl (C=O) groups is 2. The van der Waals surface area contributed by atoms with Crippen LogP contribution in [0.5, 0.6) is 0 Å². The third kappa shape index (κ3) is 2.10. The number of hydrogen-bond donors (Lipinski definition) is 3. The number of carboxylic acids is 2. The summed E-state index contributed by atoms with van der Waals surface area (Å²) in [6.07, 6.45) is 0. The summed E-state index contributed by atoms with van der Waals surface area (Å²) in [5.41, 5.74) is 1.92. The molecule has 0 bridgehead atoms. The van der Waals surface area contributed by atoms with Crippen LogP contribution in [0.4, 0.5) is 11.4 Å². The van der Waals surface area contributed by atoms with E-state index in [1.807, 2.05) is 0 Å². The number of rotatable bonds is 2. The fourth-order valence-corrected chi connectivity index (χ4v) is 2.96. The second kappa shape index (κ2) is 4.57. The fourth-order valence-electron chi connectivity index (χ4n) is 1.96. The largest absolute Gasteiger partial charge is 0.478 e. The summed E-state index contributed by atoms with van der Waals surface area (Å²) in [7, 11) is 0. The van der Waals surface area contributed by atoms with Crippen molar-refractivity contribution in [3.63, 3.8) is 0 Å². The lowest BCUT2D eigenvalue weighted by atomic mass is 10.1. The average Bonchev–Trinajstić information content (AvgIpc) is 2.43. The van der Waals surface area contributed by atoms with E-state index in [1.165, 1.54) is 23.9 Å². The molecular weight excluding hydrogens is 278 g/mol. The first-order valence-corrected chi connectivity index (χ1v) is 6.56. The Morgan fingerprint density at radius 3 is 2.20 bits per heavy atom. The Balaban J connectivity index is 2.02. The van der Waals surface area contributed by atoms with Crippen molar-refractivity contribution in [2.75, 3.05) is 5.32 Å². The van der Waals surface area contributed by atoms with Gasteiger partial charge < -0.3 is 15.5 Å². The third-order valence-electron chi connectivity index (χ3n) is 2.94. The first kappa shape index (κ1) is 12.6. The van der Waals surface area contributed by atoms with Crippen molar-refractivity contribution in [2.45, 2.75) is 9.79 Å². The molecule has 3 rings (SSSR count). The molecule has 0 aromatic heterocycles. The molecule has 6 heteroatoms. The summed E-state index contributed by atoms with van der Waals surface area (Å²) in [4.78, 5) is 23.6. The lowest BCUT2D eigenvalue weighted by Gasteiger charge is -2.21. The van der Waals surface area contributed by atoms with Crippen molar-refractivity contribution in [3.05, 3.63) is 47.5 Å². The number of aromatic carboxylic acids is 2. The van der Waals surface area contributed by atoms with Crippen LogP contribution in [0.15, 0.2) is 46.2 Å². The first-order chi connectivity index (χ1) is 9.54. The summed E-state index contributed by atoms with van der Waals surface area (Å²) in [6, 6.07) is 9.61. The van der Waals surface area contributed by atoms with Crippen molar-refractivity contribution in [1.82, 2.24) is 0 Å². The van der Waals surface area contributed by atoms with E-state index in [2.05, 4.69) is 5.32 Å². The molecule has 0 radical (unpaired) electrons. The summed E-state index contributed by atoms with van der Waals surface area (Å²) in [6.45, 7) is 0. The van der Waals surface area contributed by atoms with Crippen LogP contribution in [-0.4, -0.2) is 22.2 Å². The first-order valence-electron chi connectivity index (χ1n) is 5.74. The maximum absolute atomic E-state index is 11.0. The predicted octanol–water partition coefficient (Wildman–Crippen LogP) is 3.29. The van der Waals surface area contributed by atoms with Gasteiger partial charge in [-0.2, -0.15) is 0 Å². The molecule has 0 saturated carbocycles. The predicted molar refractivity (Wildman–Crippen MR) is 74.2 cm³/mol. The van der Waals surface area contributed by atoms with Gasteiger partial charge in [-0.15, -0.1) is 0 Å². The molecule has 0 spiro atoms. The molecule has 1 heterocycles. The maximum Gasteiger partial charge on any atom is 0.335 e. The number of anilines is 2. The molecule has 1 aliphatic rings. The van der Waals surface area contributed by atoms with E-state index < -0.39 is 11.9 Å². The van der Waals surface area contributed by atoms with Crippen LogP contribution in [0.1, 0.15) is 20.7 Å². The topological polar surface area (TPSA) is 86.6 Å². The molecule has 0 aliphatic carbocycles. The van der Waals surface area contributed by atoms with Crippen LogP contribution < -0.4 is 5.32 Å². The smallest absolute Gasteiger partial charge is 0.335 e. The fraction of sp³-hybridized carbons (Fsp3) is 0. The van der Waals surface area contributed by atoms with E-state index in [0.29, 0.717) is 5.69 Å². The van der Waals surface area contributed by atoms with Crippen LogP contribution in [0, 0.1) is 0 Å². The molecule has 20 heavy (non-hydrogen) atoms. The minimum atomic E-state index is -0.980. The van der Waals surface area contributed by atoms with Gasteiger partial charge in [0, 0.05) is 9.79 Å². The molecule has 0 saturated heterocycles. The lowest BCUT2D eigenvalue weighted by molar-refractivity contribution is 0.0686. The van der Waals surface area contributed by atoms with E-state index >= 15 is 0 Å². The second-order valence-corrected chi connectivity index (χ2v) is 5.34. The summed E-state index contributed by atoms with van der Waals surface area (Å²) >= 11 is 1.42. The maximum atomic E-state index is 11.0. The minimum Gasteiger partial charge on any atom is -0.478 e.